The van der Waals surface area contributed by atoms with Crippen molar-refractivity contribution >= 4 is 41.7 Å². The third-order valence-electron chi connectivity index (χ3n) is 7.20. The highest BCUT2D eigenvalue weighted by atomic mass is 32.2. The molecule has 0 saturated carbocycles. The maximum absolute atomic E-state index is 14.0. The van der Waals surface area contributed by atoms with Crippen LogP contribution in [-0.4, -0.2) is 126 Å². The van der Waals surface area contributed by atoms with E-state index in [1.54, 1.807) is 18.5 Å². The largest absolute Gasteiger partial charge is 0.408 e. The second-order valence-corrected chi connectivity index (χ2v) is 14.1. The van der Waals surface area contributed by atoms with Gasteiger partial charge >= 0.3 is 7.75 Å². The van der Waals surface area contributed by atoms with Crippen molar-refractivity contribution in [2.24, 2.45) is 5.41 Å². The van der Waals surface area contributed by atoms with Crippen LogP contribution < -0.4 is 11.3 Å². The molecular weight excluding hydrogens is 581 g/mol. The number of hydrogen-bond donors (Lipinski definition) is 5. The summed E-state index contributed by atoms with van der Waals surface area (Å²) in [5.74, 6) is 0.0263. The number of H-pyrrole nitrogens is 1. The number of aliphatic hydroxyl groups excluding tert-OH is 2. The topological polar surface area (TPSA) is 219 Å². The van der Waals surface area contributed by atoms with Crippen molar-refractivity contribution in [2.45, 2.75) is 44.8 Å². The zero-order valence-corrected chi connectivity index (χ0v) is 25.1. The van der Waals surface area contributed by atoms with E-state index in [9.17, 15) is 29.5 Å². The Morgan fingerprint density at radius 1 is 1.34 bits per heavy atom. The first-order chi connectivity index (χ1) is 19.2. The first-order valence-corrected chi connectivity index (χ1v) is 15.6. The molecule has 6 N–H and O–H groups in total. The molecule has 0 radical (unpaired) electrons. The summed E-state index contributed by atoms with van der Waals surface area (Å²) in [6.45, 7) is 5.88. The standard InChI is InChI=1S/C23H38N7O9PS/c1-22(2,12-31)20(34)41-10-9-37-40(36,29-7-5-28(4)6-8-29)38-11-14-16(32)23(3,35)19(39-14)30-13-25-15-17(30)26-21(24)27-18(15)33/h13-14,16,19,31-32,35H,5-12H2,1-4H3,(H3,24,26,27,33)/t14-,16-,19-,23-,40?/m1/s1. The average molecular weight is 620 g/mol. The number of nitrogens with zero attached hydrogens (tertiary/aromatic N) is 5. The maximum Gasteiger partial charge on any atom is 0.408 e. The lowest BCUT2D eigenvalue weighted by Gasteiger charge is -2.36. The number of carbonyl (C=O) groups excluding carboxylic acids is 1. The van der Waals surface area contributed by atoms with Crippen molar-refractivity contribution in [1.82, 2.24) is 29.1 Å². The number of thioether (sulfide) groups is 1. The third-order valence-corrected chi connectivity index (χ3v) is 10.5. The number of hydrogen-bond acceptors (Lipinski definition) is 14. The minimum Gasteiger partial charge on any atom is -0.395 e. The molecule has 4 heterocycles. The molecule has 2 aromatic rings. The lowest BCUT2D eigenvalue weighted by atomic mass is 9.96. The van der Waals surface area contributed by atoms with E-state index in [0.29, 0.717) is 26.2 Å². The molecule has 1 unspecified atom stereocenters. The summed E-state index contributed by atoms with van der Waals surface area (Å²) in [6.07, 6.45) is -2.61. The molecule has 4 rings (SSSR count). The predicted molar refractivity (Wildman–Crippen MR) is 150 cm³/mol. The number of rotatable bonds is 11. The molecule has 2 fully saturated rings. The molecule has 0 bridgehead atoms. The quantitative estimate of drug-likeness (QED) is 0.156. The van der Waals surface area contributed by atoms with E-state index in [0.717, 1.165) is 11.8 Å². The van der Waals surface area contributed by atoms with Crippen LogP contribution in [0.1, 0.15) is 27.0 Å². The number of carbonyl (C=O) groups is 1. The van der Waals surface area contributed by atoms with E-state index in [2.05, 4.69) is 19.9 Å². The number of ether oxygens (including phenoxy) is 1. The van der Waals surface area contributed by atoms with Crippen molar-refractivity contribution in [1.29, 1.82) is 0 Å². The first kappa shape index (κ1) is 32.0. The molecule has 0 spiro atoms. The number of nitrogens with one attached hydrogen (secondary N) is 1. The highest BCUT2D eigenvalue weighted by molar-refractivity contribution is 8.13. The number of fused-ring (bicyclic) bond motifs is 1. The highest BCUT2D eigenvalue weighted by Gasteiger charge is 2.54. The third kappa shape index (κ3) is 6.69. The molecule has 0 amide bonds. The molecule has 2 saturated heterocycles. The van der Waals surface area contributed by atoms with Crippen LogP contribution in [0, 0.1) is 5.41 Å². The first-order valence-electron chi connectivity index (χ1n) is 13.1. The highest BCUT2D eigenvalue weighted by Crippen LogP contribution is 2.53. The van der Waals surface area contributed by atoms with Crippen molar-refractivity contribution < 1.29 is 38.5 Å². The Morgan fingerprint density at radius 3 is 2.68 bits per heavy atom. The molecule has 2 aliphatic rings. The summed E-state index contributed by atoms with van der Waals surface area (Å²) >= 11 is 0.968. The van der Waals surface area contributed by atoms with E-state index in [4.69, 9.17) is 19.5 Å². The Labute approximate surface area is 240 Å². The molecular formula is C23H38N7O9PS. The monoisotopic (exact) mass is 619 g/mol. The Hall–Kier alpha value is -1.92. The average Bonchev–Trinajstić information content (AvgIpc) is 3.43. The van der Waals surface area contributed by atoms with Gasteiger partial charge in [-0.25, -0.2) is 14.2 Å². The lowest BCUT2D eigenvalue weighted by molar-refractivity contribution is -0.119. The molecule has 0 aromatic carbocycles. The van der Waals surface area contributed by atoms with Gasteiger partial charge in [-0.2, -0.15) is 4.98 Å². The maximum atomic E-state index is 14.0. The Balaban J connectivity index is 1.47. The predicted octanol–water partition coefficient (Wildman–Crippen LogP) is -0.622. The van der Waals surface area contributed by atoms with Gasteiger partial charge in [0.25, 0.3) is 5.56 Å². The van der Waals surface area contributed by atoms with Crippen molar-refractivity contribution in [3.63, 3.8) is 0 Å². The zero-order chi connectivity index (χ0) is 30.2. The van der Waals surface area contributed by atoms with Gasteiger partial charge in [0.2, 0.25) is 5.95 Å². The van der Waals surface area contributed by atoms with Crippen LogP contribution in [0.15, 0.2) is 11.1 Å². The van der Waals surface area contributed by atoms with Gasteiger partial charge in [0.15, 0.2) is 22.5 Å². The number of imidazole rings is 1. The second-order valence-electron chi connectivity index (χ2n) is 11.0. The smallest absolute Gasteiger partial charge is 0.395 e. The van der Waals surface area contributed by atoms with Crippen LogP contribution in [0.3, 0.4) is 0 Å². The fourth-order valence-corrected chi connectivity index (χ4v) is 7.11. The Morgan fingerprint density at radius 2 is 2.02 bits per heavy atom. The molecule has 5 atom stereocenters. The molecule has 2 aromatic heterocycles. The van der Waals surface area contributed by atoms with E-state index < -0.39 is 49.4 Å². The molecule has 16 nitrogen and oxygen atoms in total. The van der Waals surface area contributed by atoms with E-state index in [1.807, 2.05) is 7.05 Å². The minimum atomic E-state index is -3.92. The van der Waals surface area contributed by atoms with Crippen LogP contribution >= 0.6 is 19.5 Å². The van der Waals surface area contributed by atoms with Gasteiger partial charge in [0, 0.05) is 31.9 Å². The summed E-state index contributed by atoms with van der Waals surface area (Å²) in [7, 11) is -1.97. The van der Waals surface area contributed by atoms with Crippen LogP contribution in [0.25, 0.3) is 11.2 Å². The summed E-state index contributed by atoms with van der Waals surface area (Å²) in [6, 6.07) is 0. The molecule has 18 heteroatoms. The number of nitrogens with two attached hydrogens (primary N) is 1. The number of nitrogen functional groups attached to an aromatic ring is 1. The summed E-state index contributed by atoms with van der Waals surface area (Å²) in [5, 5.41) is 31.3. The summed E-state index contributed by atoms with van der Waals surface area (Å²) in [4.78, 5) is 37.1. The zero-order valence-electron chi connectivity index (χ0n) is 23.4. The summed E-state index contributed by atoms with van der Waals surface area (Å²) < 4.78 is 34.4. The number of likely N-dealkylation sites (N-methyl/N-ethyl adjacent to an activating group) is 1. The molecule has 230 valence electrons. The fourth-order valence-electron chi connectivity index (χ4n) is 4.45. The van der Waals surface area contributed by atoms with Gasteiger partial charge in [0.05, 0.1) is 31.6 Å². The Bertz CT molecular complexity index is 1340. The number of aromatic amines is 1. The van der Waals surface area contributed by atoms with E-state index in [1.165, 1.54) is 17.8 Å². The normalized spacial score (nSPS) is 27.8. The van der Waals surface area contributed by atoms with Gasteiger partial charge < -0.3 is 30.7 Å². The lowest BCUT2D eigenvalue weighted by Crippen LogP contribution is -2.45. The van der Waals surface area contributed by atoms with Gasteiger partial charge in [-0.3, -0.25) is 28.2 Å². The van der Waals surface area contributed by atoms with Crippen molar-refractivity contribution in [2.75, 3.05) is 64.5 Å². The summed E-state index contributed by atoms with van der Waals surface area (Å²) in [5.41, 5.74) is 2.33. The van der Waals surface area contributed by atoms with E-state index in [-0.39, 0.29) is 41.2 Å². The minimum absolute atomic E-state index is 0.0283. The SMILES string of the molecule is CN1CCN(P(=O)(OCCSC(=O)C(C)(C)CO)OC[C@H]2O[C@@H](n3cnc4c(=O)[nH]c(N)nc43)[C@](C)(O)[C@@H]2O)CC1. The van der Waals surface area contributed by atoms with Crippen LogP contribution in [0.5, 0.6) is 0 Å². The number of aromatic nitrogens is 4. The van der Waals surface area contributed by atoms with Crippen LogP contribution in [0.4, 0.5) is 5.95 Å². The molecule has 2 aliphatic heterocycles. The fraction of sp³-hybridized carbons (Fsp3) is 0.739. The van der Waals surface area contributed by atoms with E-state index >= 15 is 0 Å². The molecule has 41 heavy (non-hydrogen) atoms. The van der Waals surface area contributed by atoms with Gasteiger partial charge in [0.1, 0.15) is 17.8 Å². The van der Waals surface area contributed by atoms with Crippen molar-refractivity contribution in [3.8, 4) is 0 Å². The van der Waals surface area contributed by atoms with Crippen molar-refractivity contribution in [3.05, 3.63) is 16.7 Å². The van der Waals surface area contributed by atoms with Gasteiger partial charge in [-0.15, -0.1) is 0 Å². The van der Waals surface area contributed by atoms with Gasteiger partial charge in [-0.05, 0) is 27.8 Å². The Kier molecular flexibility index (Phi) is 9.65. The van der Waals surface area contributed by atoms with Crippen LogP contribution in [-0.2, 0) is 23.1 Å². The number of anilines is 1. The number of aliphatic hydroxyl groups is 3. The molecule has 0 aliphatic carbocycles. The van der Waals surface area contributed by atoms with Crippen LogP contribution in [0.2, 0.25) is 0 Å². The second kappa shape index (κ2) is 12.4. The number of piperazine rings is 1. The van der Waals surface area contributed by atoms with Gasteiger partial charge in [-0.1, -0.05) is 11.8 Å².